The smallest absolute Gasteiger partial charge is 0.0642 e. The summed E-state index contributed by atoms with van der Waals surface area (Å²) in [7, 11) is 0. The van der Waals surface area contributed by atoms with E-state index in [0.29, 0.717) is 18.0 Å². The molecule has 3 unspecified atom stereocenters. The van der Waals surface area contributed by atoms with Gasteiger partial charge in [-0.15, -0.1) is 0 Å². The van der Waals surface area contributed by atoms with E-state index in [0.717, 1.165) is 18.1 Å². The molecule has 1 saturated heterocycles. The zero-order chi connectivity index (χ0) is 14.0. The summed E-state index contributed by atoms with van der Waals surface area (Å²) >= 11 is 6.42. The van der Waals surface area contributed by atoms with Crippen molar-refractivity contribution in [3.8, 4) is 0 Å². The third kappa shape index (κ3) is 2.90. The molecule has 3 atom stereocenters. The van der Waals surface area contributed by atoms with Crippen LogP contribution in [0.25, 0.3) is 0 Å². The van der Waals surface area contributed by atoms with E-state index in [1.165, 1.54) is 17.7 Å². The molecule has 0 aromatic heterocycles. The van der Waals surface area contributed by atoms with Crippen LogP contribution in [0.15, 0.2) is 18.2 Å². The Bertz CT molecular complexity index is 413. The van der Waals surface area contributed by atoms with Gasteiger partial charge in [0.25, 0.3) is 0 Å². The zero-order valence-electron chi connectivity index (χ0n) is 12.4. The van der Waals surface area contributed by atoms with E-state index in [1.807, 2.05) is 12.1 Å². The SMILES string of the molecule is CCNC1CCN(c2c(C)cccc2Cl)C(C)C1C. The molecule has 3 heteroatoms. The minimum absolute atomic E-state index is 0.511. The van der Waals surface area contributed by atoms with Gasteiger partial charge in [0, 0.05) is 18.6 Å². The molecule has 106 valence electrons. The van der Waals surface area contributed by atoms with Crippen molar-refractivity contribution in [2.24, 2.45) is 5.92 Å². The first-order valence-electron chi connectivity index (χ1n) is 7.31. The van der Waals surface area contributed by atoms with E-state index < -0.39 is 0 Å². The second kappa shape index (κ2) is 6.15. The summed E-state index contributed by atoms with van der Waals surface area (Å²) in [4.78, 5) is 2.48. The van der Waals surface area contributed by atoms with Crippen LogP contribution in [-0.4, -0.2) is 25.2 Å². The number of piperidine rings is 1. The molecule has 2 rings (SSSR count). The topological polar surface area (TPSA) is 15.3 Å². The average molecular weight is 281 g/mol. The van der Waals surface area contributed by atoms with Gasteiger partial charge in [0.15, 0.2) is 0 Å². The molecular weight excluding hydrogens is 256 g/mol. The van der Waals surface area contributed by atoms with Gasteiger partial charge in [0.1, 0.15) is 0 Å². The van der Waals surface area contributed by atoms with Crippen molar-refractivity contribution in [1.82, 2.24) is 5.32 Å². The van der Waals surface area contributed by atoms with E-state index in [9.17, 15) is 0 Å². The van der Waals surface area contributed by atoms with Gasteiger partial charge in [-0.25, -0.2) is 0 Å². The van der Waals surface area contributed by atoms with Gasteiger partial charge in [0.05, 0.1) is 10.7 Å². The number of nitrogens with one attached hydrogen (secondary N) is 1. The fourth-order valence-electron chi connectivity index (χ4n) is 3.22. The second-order valence-corrected chi connectivity index (χ2v) is 6.06. The third-order valence-corrected chi connectivity index (χ3v) is 4.82. The van der Waals surface area contributed by atoms with Crippen LogP contribution in [0.1, 0.15) is 32.8 Å². The molecule has 2 nitrogen and oxygen atoms in total. The molecule has 1 aromatic rings. The average Bonchev–Trinajstić information content (AvgIpc) is 2.37. The zero-order valence-corrected chi connectivity index (χ0v) is 13.2. The van der Waals surface area contributed by atoms with Crippen molar-refractivity contribution in [2.75, 3.05) is 18.0 Å². The molecule has 0 bridgehead atoms. The second-order valence-electron chi connectivity index (χ2n) is 5.65. The maximum absolute atomic E-state index is 6.42. The molecule has 1 fully saturated rings. The van der Waals surface area contributed by atoms with Crippen LogP contribution in [-0.2, 0) is 0 Å². The molecule has 0 amide bonds. The fraction of sp³-hybridized carbons (Fsp3) is 0.625. The predicted molar refractivity (Wildman–Crippen MR) is 84.2 cm³/mol. The van der Waals surface area contributed by atoms with Crippen LogP contribution in [0.4, 0.5) is 5.69 Å². The minimum Gasteiger partial charge on any atom is -0.367 e. The Morgan fingerprint density at radius 2 is 2.11 bits per heavy atom. The summed E-state index contributed by atoms with van der Waals surface area (Å²) in [6.45, 7) is 11.1. The van der Waals surface area contributed by atoms with E-state index in [1.54, 1.807) is 0 Å². The Morgan fingerprint density at radius 3 is 2.74 bits per heavy atom. The predicted octanol–water partition coefficient (Wildman–Crippen LogP) is 3.86. The Kier molecular flexibility index (Phi) is 4.75. The minimum atomic E-state index is 0.511. The summed E-state index contributed by atoms with van der Waals surface area (Å²) in [5.74, 6) is 0.629. The highest BCUT2D eigenvalue weighted by molar-refractivity contribution is 6.33. The fourth-order valence-corrected chi connectivity index (χ4v) is 3.55. The van der Waals surface area contributed by atoms with Crippen LogP contribution in [0.2, 0.25) is 5.02 Å². The van der Waals surface area contributed by atoms with Crippen molar-refractivity contribution < 1.29 is 0 Å². The molecule has 1 heterocycles. The Hall–Kier alpha value is -0.730. The Balaban J connectivity index is 2.23. The first-order chi connectivity index (χ1) is 9.06. The van der Waals surface area contributed by atoms with Crippen LogP contribution >= 0.6 is 11.6 Å². The summed E-state index contributed by atoms with van der Waals surface area (Å²) in [6.07, 6.45) is 1.18. The lowest BCUT2D eigenvalue weighted by Crippen LogP contribution is -2.53. The standard InChI is InChI=1S/C16H25ClN2/c1-5-18-15-9-10-19(13(4)12(15)3)16-11(2)7-6-8-14(16)17/h6-8,12-13,15,18H,5,9-10H2,1-4H3. The number of aryl methyl sites for hydroxylation is 1. The van der Waals surface area contributed by atoms with E-state index in [4.69, 9.17) is 11.6 Å². The number of halogens is 1. The quantitative estimate of drug-likeness (QED) is 0.904. The van der Waals surface area contributed by atoms with E-state index in [-0.39, 0.29) is 0 Å². The van der Waals surface area contributed by atoms with Crippen LogP contribution in [0.3, 0.4) is 0 Å². The third-order valence-electron chi connectivity index (χ3n) is 4.51. The number of rotatable bonds is 3. The lowest BCUT2D eigenvalue weighted by Gasteiger charge is -2.45. The van der Waals surface area contributed by atoms with Crippen LogP contribution in [0, 0.1) is 12.8 Å². The Morgan fingerprint density at radius 1 is 1.37 bits per heavy atom. The largest absolute Gasteiger partial charge is 0.367 e. The van der Waals surface area contributed by atoms with Crippen LogP contribution < -0.4 is 10.2 Å². The van der Waals surface area contributed by atoms with Gasteiger partial charge in [-0.2, -0.15) is 0 Å². The lowest BCUT2D eigenvalue weighted by atomic mass is 9.86. The van der Waals surface area contributed by atoms with Crippen molar-refractivity contribution >= 4 is 17.3 Å². The number of hydrogen-bond donors (Lipinski definition) is 1. The van der Waals surface area contributed by atoms with Crippen molar-refractivity contribution in [3.63, 3.8) is 0 Å². The number of para-hydroxylation sites is 1. The highest BCUT2D eigenvalue weighted by atomic mass is 35.5. The molecule has 19 heavy (non-hydrogen) atoms. The van der Waals surface area contributed by atoms with Crippen molar-refractivity contribution in [2.45, 2.75) is 46.2 Å². The van der Waals surface area contributed by atoms with Gasteiger partial charge < -0.3 is 10.2 Å². The molecule has 0 radical (unpaired) electrons. The molecule has 0 spiro atoms. The number of hydrogen-bond acceptors (Lipinski definition) is 2. The summed E-state index contributed by atoms with van der Waals surface area (Å²) in [5.41, 5.74) is 2.49. The molecule has 1 N–H and O–H groups in total. The monoisotopic (exact) mass is 280 g/mol. The first-order valence-corrected chi connectivity index (χ1v) is 7.69. The highest BCUT2D eigenvalue weighted by Crippen LogP contribution is 2.35. The lowest BCUT2D eigenvalue weighted by molar-refractivity contribution is 0.274. The maximum Gasteiger partial charge on any atom is 0.0642 e. The molecular formula is C16H25ClN2. The molecule has 0 aliphatic carbocycles. The molecule has 1 aliphatic heterocycles. The first kappa shape index (κ1) is 14.7. The van der Waals surface area contributed by atoms with Crippen molar-refractivity contribution in [3.05, 3.63) is 28.8 Å². The number of anilines is 1. The molecule has 1 aromatic carbocycles. The Labute approximate surface area is 122 Å². The summed E-state index contributed by atoms with van der Waals surface area (Å²) < 4.78 is 0. The van der Waals surface area contributed by atoms with Crippen molar-refractivity contribution in [1.29, 1.82) is 0 Å². The maximum atomic E-state index is 6.42. The number of benzene rings is 1. The van der Waals surface area contributed by atoms with Gasteiger partial charge in [-0.1, -0.05) is 37.6 Å². The highest BCUT2D eigenvalue weighted by Gasteiger charge is 2.33. The van der Waals surface area contributed by atoms with Gasteiger partial charge in [0.2, 0.25) is 0 Å². The normalized spacial score (nSPS) is 27.6. The molecule has 0 saturated carbocycles. The number of nitrogens with zero attached hydrogens (tertiary/aromatic N) is 1. The van der Waals surface area contributed by atoms with E-state index in [2.05, 4.69) is 44.0 Å². The summed E-state index contributed by atoms with van der Waals surface area (Å²) in [5, 5.41) is 4.48. The van der Waals surface area contributed by atoms with Crippen LogP contribution in [0.5, 0.6) is 0 Å². The van der Waals surface area contributed by atoms with Gasteiger partial charge in [-0.3, -0.25) is 0 Å². The van der Waals surface area contributed by atoms with E-state index >= 15 is 0 Å². The molecule has 1 aliphatic rings. The van der Waals surface area contributed by atoms with Gasteiger partial charge in [-0.05, 0) is 44.4 Å². The summed E-state index contributed by atoms with van der Waals surface area (Å²) in [6, 6.07) is 7.31. The van der Waals surface area contributed by atoms with Gasteiger partial charge >= 0.3 is 0 Å².